The highest BCUT2D eigenvalue weighted by atomic mass is 16.1. The van der Waals surface area contributed by atoms with Gasteiger partial charge in [-0.2, -0.15) is 0 Å². The molecule has 1 heterocycles. The zero-order valence-corrected chi connectivity index (χ0v) is 10.8. The molecule has 0 bridgehead atoms. The number of anilines is 1. The molecule has 0 aliphatic rings. The van der Waals surface area contributed by atoms with E-state index in [1.807, 2.05) is 6.07 Å². The van der Waals surface area contributed by atoms with Gasteiger partial charge >= 0.3 is 0 Å². The lowest BCUT2D eigenvalue weighted by molar-refractivity contribution is 0.0958. The molecule has 94 valence electrons. The summed E-state index contributed by atoms with van der Waals surface area (Å²) >= 11 is 0. The second-order valence-corrected chi connectivity index (χ2v) is 4.47. The minimum Gasteiger partial charge on any atom is -0.385 e. The number of nitrogens with zero attached hydrogens (tertiary/aromatic N) is 1. The van der Waals surface area contributed by atoms with Crippen molar-refractivity contribution in [1.29, 1.82) is 0 Å². The monoisotopic (exact) mass is 235 g/mol. The van der Waals surface area contributed by atoms with Crippen LogP contribution in [0.5, 0.6) is 0 Å². The number of aromatic nitrogens is 1. The van der Waals surface area contributed by atoms with Crippen molar-refractivity contribution >= 4 is 11.6 Å². The summed E-state index contributed by atoms with van der Waals surface area (Å²) in [7, 11) is 1.60. The fraction of sp³-hybridized carbons (Fsp3) is 0.538. The number of carbonyl (C=O) groups is 1. The standard InChI is InChI=1S/C13H21N3O/c1-10(2)5-4-7-15-11-6-8-16-12(9-11)13(17)14-3/h6,8-10H,4-5,7H2,1-3H3,(H,14,17)(H,15,16). The smallest absolute Gasteiger partial charge is 0.269 e. The molecule has 2 N–H and O–H groups in total. The van der Waals surface area contributed by atoms with Crippen LogP contribution in [0, 0.1) is 5.92 Å². The molecule has 4 nitrogen and oxygen atoms in total. The molecule has 1 aromatic rings. The number of hydrogen-bond donors (Lipinski definition) is 2. The van der Waals surface area contributed by atoms with Crippen molar-refractivity contribution in [3.05, 3.63) is 24.0 Å². The lowest BCUT2D eigenvalue weighted by Crippen LogP contribution is -2.19. The molecule has 0 spiro atoms. The van der Waals surface area contributed by atoms with Gasteiger partial charge in [-0.15, -0.1) is 0 Å². The van der Waals surface area contributed by atoms with Crippen LogP contribution in [-0.4, -0.2) is 24.5 Å². The Hall–Kier alpha value is -1.58. The second kappa shape index (κ2) is 6.89. The van der Waals surface area contributed by atoms with E-state index < -0.39 is 0 Å². The minimum atomic E-state index is -0.157. The zero-order valence-electron chi connectivity index (χ0n) is 10.8. The number of hydrogen-bond acceptors (Lipinski definition) is 3. The second-order valence-electron chi connectivity index (χ2n) is 4.47. The summed E-state index contributed by atoms with van der Waals surface area (Å²) in [4.78, 5) is 15.4. The van der Waals surface area contributed by atoms with Gasteiger partial charge in [-0.05, 0) is 30.9 Å². The molecular weight excluding hydrogens is 214 g/mol. The van der Waals surface area contributed by atoms with Crippen molar-refractivity contribution in [2.45, 2.75) is 26.7 Å². The Labute approximate surface area is 103 Å². The Kier molecular flexibility index (Phi) is 5.46. The predicted molar refractivity (Wildman–Crippen MR) is 70.2 cm³/mol. The molecule has 0 aliphatic heterocycles. The Balaban J connectivity index is 2.46. The average molecular weight is 235 g/mol. The van der Waals surface area contributed by atoms with Crippen LogP contribution < -0.4 is 10.6 Å². The topological polar surface area (TPSA) is 54.0 Å². The molecule has 0 unspecified atom stereocenters. The van der Waals surface area contributed by atoms with E-state index in [4.69, 9.17) is 0 Å². The third-order valence-corrected chi connectivity index (χ3v) is 2.51. The zero-order chi connectivity index (χ0) is 12.7. The van der Waals surface area contributed by atoms with Gasteiger partial charge in [0.25, 0.3) is 5.91 Å². The molecule has 0 atom stereocenters. The van der Waals surface area contributed by atoms with Crippen molar-refractivity contribution in [3.8, 4) is 0 Å². The van der Waals surface area contributed by atoms with Crippen LogP contribution in [0.2, 0.25) is 0 Å². The summed E-state index contributed by atoms with van der Waals surface area (Å²) in [5.41, 5.74) is 1.39. The lowest BCUT2D eigenvalue weighted by Gasteiger charge is -2.08. The van der Waals surface area contributed by atoms with E-state index in [2.05, 4.69) is 29.5 Å². The van der Waals surface area contributed by atoms with E-state index in [1.165, 1.54) is 6.42 Å². The summed E-state index contributed by atoms with van der Waals surface area (Å²) in [6.45, 7) is 5.36. The molecule has 0 aliphatic carbocycles. The molecule has 1 amide bonds. The maximum absolute atomic E-state index is 11.4. The molecular formula is C13H21N3O. The quantitative estimate of drug-likeness (QED) is 0.744. The van der Waals surface area contributed by atoms with Crippen molar-refractivity contribution < 1.29 is 4.79 Å². The Bertz CT molecular complexity index is 363. The number of pyridine rings is 1. The molecule has 1 aromatic heterocycles. The van der Waals surface area contributed by atoms with Crippen LogP contribution in [0.1, 0.15) is 37.2 Å². The van der Waals surface area contributed by atoms with Gasteiger partial charge < -0.3 is 10.6 Å². The molecule has 0 radical (unpaired) electrons. The molecule has 17 heavy (non-hydrogen) atoms. The van der Waals surface area contributed by atoms with E-state index in [1.54, 1.807) is 19.3 Å². The molecule has 0 aromatic carbocycles. The fourth-order valence-corrected chi connectivity index (χ4v) is 1.54. The highest BCUT2D eigenvalue weighted by Gasteiger charge is 2.04. The maximum atomic E-state index is 11.4. The third kappa shape index (κ3) is 4.85. The first-order chi connectivity index (χ1) is 8.13. The van der Waals surface area contributed by atoms with Crippen LogP contribution in [0.15, 0.2) is 18.3 Å². The largest absolute Gasteiger partial charge is 0.385 e. The first kappa shape index (κ1) is 13.5. The van der Waals surface area contributed by atoms with Crippen LogP contribution in [0.4, 0.5) is 5.69 Å². The summed E-state index contributed by atoms with van der Waals surface area (Å²) in [6, 6.07) is 3.65. The van der Waals surface area contributed by atoms with Gasteiger partial charge in [0.05, 0.1) is 0 Å². The first-order valence-corrected chi connectivity index (χ1v) is 6.05. The summed E-state index contributed by atoms with van der Waals surface area (Å²) in [5.74, 6) is 0.575. The van der Waals surface area contributed by atoms with E-state index in [-0.39, 0.29) is 5.91 Å². The van der Waals surface area contributed by atoms with Gasteiger partial charge in [0.1, 0.15) is 5.69 Å². The van der Waals surface area contributed by atoms with Crippen molar-refractivity contribution in [1.82, 2.24) is 10.3 Å². The lowest BCUT2D eigenvalue weighted by atomic mass is 10.1. The highest BCUT2D eigenvalue weighted by molar-refractivity contribution is 5.92. The summed E-state index contributed by atoms with van der Waals surface area (Å²) in [6.07, 6.45) is 3.99. The van der Waals surface area contributed by atoms with Gasteiger partial charge in [-0.3, -0.25) is 9.78 Å². The number of rotatable bonds is 6. The van der Waals surface area contributed by atoms with Gasteiger partial charge in [0.2, 0.25) is 0 Å². The first-order valence-electron chi connectivity index (χ1n) is 6.05. The van der Waals surface area contributed by atoms with Gasteiger partial charge in [0, 0.05) is 25.5 Å². The molecule has 0 saturated carbocycles. The van der Waals surface area contributed by atoms with Crippen molar-refractivity contribution in [2.24, 2.45) is 5.92 Å². The Morgan fingerprint density at radius 2 is 2.24 bits per heavy atom. The van der Waals surface area contributed by atoms with E-state index in [0.717, 1.165) is 24.6 Å². The van der Waals surface area contributed by atoms with E-state index >= 15 is 0 Å². The SMILES string of the molecule is CNC(=O)c1cc(NCCCC(C)C)ccn1. The van der Waals surface area contributed by atoms with Crippen molar-refractivity contribution in [3.63, 3.8) is 0 Å². The molecule has 0 saturated heterocycles. The van der Waals surface area contributed by atoms with Crippen LogP contribution in [0.25, 0.3) is 0 Å². The third-order valence-electron chi connectivity index (χ3n) is 2.51. The number of nitrogens with one attached hydrogen (secondary N) is 2. The van der Waals surface area contributed by atoms with Crippen LogP contribution in [0.3, 0.4) is 0 Å². The summed E-state index contributed by atoms with van der Waals surface area (Å²) in [5, 5.41) is 5.86. The number of amides is 1. The average Bonchev–Trinajstić information content (AvgIpc) is 2.34. The highest BCUT2D eigenvalue weighted by Crippen LogP contribution is 2.09. The number of carbonyl (C=O) groups excluding carboxylic acids is 1. The molecule has 0 fully saturated rings. The molecule has 4 heteroatoms. The van der Waals surface area contributed by atoms with E-state index in [9.17, 15) is 4.79 Å². The normalized spacial score (nSPS) is 10.4. The van der Waals surface area contributed by atoms with E-state index in [0.29, 0.717) is 5.69 Å². The van der Waals surface area contributed by atoms with Gasteiger partial charge in [-0.1, -0.05) is 13.8 Å². The van der Waals surface area contributed by atoms with Gasteiger partial charge in [0.15, 0.2) is 0 Å². The van der Waals surface area contributed by atoms with Gasteiger partial charge in [-0.25, -0.2) is 0 Å². The van der Waals surface area contributed by atoms with Crippen LogP contribution in [-0.2, 0) is 0 Å². The minimum absolute atomic E-state index is 0.157. The van der Waals surface area contributed by atoms with Crippen LogP contribution >= 0.6 is 0 Å². The maximum Gasteiger partial charge on any atom is 0.269 e. The fourth-order valence-electron chi connectivity index (χ4n) is 1.54. The summed E-state index contributed by atoms with van der Waals surface area (Å²) < 4.78 is 0. The predicted octanol–water partition coefficient (Wildman–Crippen LogP) is 2.29. The Morgan fingerprint density at radius 1 is 1.47 bits per heavy atom. The molecule has 1 rings (SSSR count). The van der Waals surface area contributed by atoms with Crippen molar-refractivity contribution in [2.75, 3.05) is 18.9 Å². The Morgan fingerprint density at radius 3 is 2.88 bits per heavy atom.